The lowest BCUT2D eigenvalue weighted by molar-refractivity contribution is -0.137. The van der Waals surface area contributed by atoms with Crippen LogP contribution >= 0.6 is 0 Å². The summed E-state index contributed by atoms with van der Waals surface area (Å²) in [6.07, 6.45) is 1.98. The monoisotopic (exact) mass is 545 g/mol. The van der Waals surface area contributed by atoms with Crippen LogP contribution in [0.5, 0.6) is 0 Å². The lowest BCUT2D eigenvalue weighted by atomic mass is 9.83. The Kier molecular flexibility index (Phi) is 8.89. The Bertz CT molecular complexity index is 1180. The highest BCUT2D eigenvalue weighted by Gasteiger charge is 2.33. The molecule has 1 saturated heterocycles. The van der Waals surface area contributed by atoms with Crippen molar-refractivity contribution in [3.05, 3.63) is 65.0 Å². The Labute approximate surface area is 226 Å². The lowest BCUT2D eigenvalue weighted by Crippen LogP contribution is -2.44. The fraction of sp³-hybridized carbons (Fsp3) is 0.500. The van der Waals surface area contributed by atoms with Crippen molar-refractivity contribution in [2.45, 2.75) is 56.3 Å². The fourth-order valence-corrected chi connectivity index (χ4v) is 5.38. The molecule has 0 spiro atoms. The summed E-state index contributed by atoms with van der Waals surface area (Å²) in [4.78, 5) is 45.2. The summed E-state index contributed by atoms with van der Waals surface area (Å²) in [5.41, 5.74) is 0.541. The maximum atomic E-state index is 12.9. The van der Waals surface area contributed by atoms with Gasteiger partial charge in [-0.1, -0.05) is 6.07 Å². The van der Waals surface area contributed by atoms with Gasteiger partial charge >= 0.3 is 6.18 Å². The normalized spacial score (nSPS) is 21.8. The van der Waals surface area contributed by atoms with Crippen LogP contribution in [-0.2, 0) is 11.0 Å². The van der Waals surface area contributed by atoms with Crippen molar-refractivity contribution in [1.82, 2.24) is 25.4 Å². The molecule has 1 aromatic carbocycles. The van der Waals surface area contributed by atoms with E-state index in [0.29, 0.717) is 17.5 Å². The highest BCUT2D eigenvalue weighted by molar-refractivity contribution is 5.96. The Morgan fingerprint density at radius 2 is 1.77 bits per heavy atom. The van der Waals surface area contributed by atoms with Crippen molar-refractivity contribution in [3.63, 3.8) is 0 Å². The molecule has 4 rings (SSSR count). The number of benzene rings is 1. The number of nitrogens with one attached hydrogen (secondary N) is 2. The van der Waals surface area contributed by atoms with Crippen molar-refractivity contribution in [3.8, 4) is 0 Å². The summed E-state index contributed by atoms with van der Waals surface area (Å²) in [7, 11) is 3.43. The number of rotatable bonds is 7. The number of carbonyl (C=O) groups excluding carboxylic acids is 3. The molecule has 1 atom stereocenters. The van der Waals surface area contributed by atoms with Gasteiger partial charge in [-0.3, -0.25) is 24.3 Å². The zero-order chi connectivity index (χ0) is 28.2. The summed E-state index contributed by atoms with van der Waals surface area (Å²) >= 11 is 0. The first-order valence-electron chi connectivity index (χ1n) is 13.2. The van der Waals surface area contributed by atoms with Crippen molar-refractivity contribution in [2.24, 2.45) is 0 Å². The van der Waals surface area contributed by atoms with Gasteiger partial charge in [-0.25, -0.2) is 0 Å². The molecule has 1 unspecified atom stereocenters. The van der Waals surface area contributed by atoms with Gasteiger partial charge in [0.2, 0.25) is 5.91 Å². The van der Waals surface area contributed by atoms with Crippen molar-refractivity contribution >= 4 is 17.7 Å². The second-order valence-corrected chi connectivity index (χ2v) is 10.5. The molecule has 2 heterocycles. The Balaban J connectivity index is 1.19. The maximum absolute atomic E-state index is 12.9. The number of likely N-dealkylation sites (tertiary alicyclic amines) is 1. The van der Waals surface area contributed by atoms with Crippen molar-refractivity contribution in [1.29, 1.82) is 0 Å². The van der Waals surface area contributed by atoms with Crippen molar-refractivity contribution in [2.75, 3.05) is 33.7 Å². The standard InChI is InChI=1S/C28H34F3N5O3/c1-35(2)27(39)20-8-11-24(32-15-20)18-6-9-23(10-7-18)36-13-12-22(17-36)34-25(37)16-33-26(38)19-4-3-5-21(14-19)28(29,30)31/h3-5,8,11,14-15,18,22-23H,6-7,9-10,12-13,16-17H2,1-2H3,(H,33,38)(H,34,37). The third kappa shape index (κ3) is 7.35. The molecule has 0 bridgehead atoms. The minimum Gasteiger partial charge on any atom is -0.350 e. The minimum atomic E-state index is -4.54. The molecule has 2 aliphatic rings. The summed E-state index contributed by atoms with van der Waals surface area (Å²) in [5, 5.41) is 5.33. The largest absolute Gasteiger partial charge is 0.416 e. The van der Waals surface area contributed by atoms with E-state index in [1.807, 2.05) is 12.1 Å². The van der Waals surface area contributed by atoms with Gasteiger partial charge in [0.1, 0.15) is 0 Å². The fourth-order valence-electron chi connectivity index (χ4n) is 5.38. The van der Waals surface area contributed by atoms with Crippen LogP contribution in [0.25, 0.3) is 0 Å². The number of halogens is 3. The van der Waals surface area contributed by atoms with E-state index in [2.05, 4.69) is 20.5 Å². The molecular formula is C28H34F3N5O3. The van der Waals surface area contributed by atoms with Gasteiger partial charge in [-0.05, 0) is 62.4 Å². The van der Waals surface area contributed by atoms with E-state index in [1.54, 1.807) is 20.3 Å². The first-order valence-corrected chi connectivity index (χ1v) is 13.2. The van der Waals surface area contributed by atoms with Crippen LogP contribution in [0.15, 0.2) is 42.6 Å². The molecule has 11 heteroatoms. The van der Waals surface area contributed by atoms with Gasteiger partial charge in [0.15, 0.2) is 0 Å². The molecule has 8 nitrogen and oxygen atoms in total. The summed E-state index contributed by atoms with van der Waals surface area (Å²) < 4.78 is 38.6. The van der Waals surface area contributed by atoms with E-state index in [0.717, 1.165) is 63.0 Å². The van der Waals surface area contributed by atoms with Crippen LogP contribution < -0.4 is 10.6 Å². The number of carbonyl (C=O) groups is 3. The number of nitrogens with zero attached hydrogens (tertiary/aromatic N) is 3. The highest BCUT2D eigenvalue weighted by Crippen LogP contribution is 2.35. The molecule has 2 N–H and O–H groups in total. The number of alkyl halides is 3. The summed E-state index contributed by atoms with van der Waals surface area (Å²) in [6.45, 7) is 1.29. The lowest BCUT2D eigenvalue weighted by Gasteiger charge is -2.34. The van der Waals surface area contributed by atoms with Crippen LogP contribution in [0.2, 0.25) is 0 Å². The Hall–Kier alpha value is -3.47. The van der Waals surface area contributed by atoms with Crippen LogP contribution in [-0.4, -0.2) is 78.3 Å². The second-order valence-electron chi connectivity index (χ2n) is 10.5. The third-order valence-electron chi connectivity index (χ3n) is 7.52. The van der Waals surface area contributed by atoms with E-state index in [4.69, 9.17) is 0 Å². The number of hydrogen-bond donors (Lipinski definition) is 2. The Morgan fingerprint density at radius 3 is 2.41 bits per heavy atom. The topological polar surface area (TPSA) is 94.6 Å². The molecule has 39 heavy (non-hydrogen) atoms. The number of hydrogen-bond acceptors (Lipinski definition) is 5. The van der Waals surface area contributed by atoms with Gasteiger partial charge in [0.05, 0.1) is 17.7 Å². The molecule has 1 aromatic heterocycles. The highest BCUT2D eigenvalue weighted by atomic mass is 19.4. The SMILES string of the molecule is CN(C)C(=O)c1ccc(C2CCC(N3CCC(NC(=O)CNC(=O)c4cccc(C(F)(F)F)c4)C3)CC2)nc1. The van der Waals surface area contributed by atoms with Gasteiger partial charge in [-0.15, -0.1) is 0 Å². The molecular weight excluding hydrogens is 511 g/mol. The van der Waals surface area contributed by atoms with Crippen LogP contribution in [0, 0.1) is 0 Å². The Morgan fingerprint density at radius 1 is 1.03 bits per heavy atom. The van der Waals surface area contributed by atoms with Crippen molar-refractivity contribution < 1.29 is 27.6 Å². The molecule has 1 saturated carbocycles. The molecule has 1 aliphatic heterocycles. The smallest absolute Gasteiger partial charge is 0.350 e. The van der Waals surface area contributed by atoms with E-state index in [-0.39, 0.29) is 30.0 Å². The zero-order valence-corrected chi connectivity index (χ0v) is 22.1. The van der Waals surface area contributed by atoms with Crippen LogP contribution in [0.3, 0.4) is 0 Å². The first-order chi connectivity index (χ1) is 18.5. The van der Waals surface area contributed by atoms with Crippen LogP contribution in [0.4, 0.5) is 13.2 Å². The molecule has 1 aliphatic carbocycles. The van der Waals surface area contributed by atoms with E-state index >= 15 is 0 Å². The zero-order valence-electron chi connectivity index (χ0n) is 22.1. The van der Waals surface area contributed by atoms with E-state index in [9.17, 15) is 27.6 Å². The average molecular weight is 546 g/mol. The molecule has 2 fully saturated rings. The minimum absolute atomic E-state index is 0.0378. The maximum Gasteiger partial charge on any atom is 0.416 e. The second kappa shape index (κ2) is 12.1. The predicted octanol–water partition coefficient (Wildman–Crippen LogP) is 3.45. The van der Waals surface area contributed by atoms with Gasteiger partial charge in [0.25, 0.3) is 11.8 Å². The van der Waals surface area contributed by atoms with Gasteiger partial charge in [0, 0.05) is 62.6 Å². The summed E-state index contributed by atoms with van der Waals surface area (Å²) in [5.74, 6) is -0.794. The number of amides is 3. The first kappa shape index (κ1) is 28.5. The van der Waals surface area contributed by atoms with Gasteiger partial charge in [-0.2, -0.15) is 13.2 Å². The predicted molar refractivity (Wildman–Crippen MR) is 139 cm³/mol. The average Bonchev–Trinajstić information content (AvgIpc) is 3.39. The molecule has 3 amide bonds. The van der Waals surface area contributed by atoms with Crippen LogP contribution in [0.1, 0.15) is 70.0 Å². The molecule has 210 valence electrons. The third-order valence-corrected chi connectivity index (χ3v) is 7.52. The van der Waals surface area contributed by atoms with Gasteiger partial charge < -0.3 is 15.5 Å². The summed E-state index contributed by atoms with van der Waals surface area (Å²) in [6, 6.07) is 8.30. The molecule has 0 radical (unpaired) electrons. The quantitative estimate of drug-likeness (QED) is 0.556. The van der Waals surface area contributed by atoms with E-state index < -0.39 is 17.6 Å². The van der Waals surface area contributed by atoms with E-state index in [1.165, 1.54) is 17.0 Å². The number of pyridine rings is 1. The number of aromatic nitrogens is 1. The molecule has 2 aromatic rings.